The highest BCUT2D eigenvalue weighted by atomic mass is 19.3. The molecule has 1 unspecified atom stereocenters. The normalized spacial score (nSPS) is 21.9. The van der Waals surface area contributed by atoms with E-state index in [1.807, 2.05) is 0 Å². The maximum Gasteiger partial charge on any atom is 0.326 e. The summed E-state index contributed by atoms with van der Waals surface area (Å²) in [6.45, 7) is 3.12. The fourth-order valence-corrected chi connectivity index (χ4v) is 2.27. The van der Waals surface area contributed by atoms with Crippen molar-refractivity contribution in [2.75, 3.05) is 0 Å². The van der Waals surface area contributed by atoms with Crippen LogP contribution in [-0.4, -0.2) is 24.3 Å². The van der Waals surface area contributed by atoms with Crippen molar-refractivity contribution in [1.82, 2.24) is 0 Å². The van der Waals surface area contributed by atoms with Gasteiger partial charge in [-0.05, 0) is 19.4 Å². The second-order valence-corrected chi connectivity index (χ2v) is 4.89. The number of ether oxygens (including phenoxy) is 1. The van der Waals surface area contributed by atoms with Gasteiger partial charge in [0.25, 0.3) is 6.43 Å². The van der Waals surface area contributed by atoms with Crippen LogP contribution < -0.4 is 0 Å². The van der Waals surface area contributed by atoms with Crippen LogP contribution >= 0.6 is 0 Å². The van der Waals surface area contributed by atoms with Gasteiger partial charge in [-0.25, -0.2) is 8.78 Å². The molecule has 0 amide bonds. The minimum atomic E-state index is -3.08. The second-order valence-electron chi connectivity index (χ2n) is 4.89. The lowest BCUT2D eigenvalue weighted by Crippen LogP contribution is -2.45. The Labute approximate surface area is 109 Å². The van der Waals surface area contributed by atoms with Crippen LogP contribution in [0.1, 0.15) is 29.8 Å². The summed E-state index contributed by atoms with van der Waals surface area (Å²) in [5.74, 6) is -1.98. The molecule has 1 aliphatic rings. The zero-order valence-corrected chi connectivity index (χ0v) is 10.7. The van der Waals surface area contributed by atoms with Crippen LogP contribution in [-0.2, 0) is 16.0 Å². The third-order valence-electron chi connectivity index (χ3n) is 3.22. The first-order valence-corrected chi connectivity index (χ1v) is 6.01. The van der Waals surface area contributed by atoms with E-state index < -0.39 is 29.7 Å². The lowest BCUT2D eigenvalue weighted by Gasteiger charge is -2.25. The van der Waals surface area contributed by atoms with Crippen molar-refractivity contribution in [3.05, 3.63) is 35.4 Å². The summed E-state index contributed by atoms with van der Waals surface area (Å²) >= 11 is 0. The standard InChI is InChI=1S/C14H14F2O3/c1-8(2)19-13(18)14(12(15)16)7-9-5-3-4-6-10(9)11(14)17/h3-6,8,12H,7H2,1-2H3. The minimum Gasteiger partial charge on any atom is -0.462 e. The molecule has 1 aromatic rings. The van der Waals surface area contributed by atoms with E-state index in [1.165, 1.54) is 6.07 Å². The van der Waals surface area contributed by atoms with E-state index in [1.54, 1.807) is 32.0 Å². The van der Waals surface area contributed by atoms with Crippen LogP contribution in [0.2, 0.25) is 0 Å². The SMILES string of the molecule is CC(C)OC(=O)C1(C(F)F)Cc2ccccc2C1=O. The molecule has 0 N–H and O–H groups in total. The fraction of sp³-hybridized carbons (Fsp3) is 0.429. The molecule has 0 spiro atoms. The monoisotopic (exact) mass is 268 g/mol. The molecule has 0 heterocycles. The molecule has 5 heteroatoms. The van der Waals surface area contributed by atoms with Gasteiger partial charge in [-0.1, -0.05) is 24.3 Å². The number of halogens is 2. The molecule has 19 heavy (non-hydrogen) atoms. The molecule has 2 rings (SSSR count). The van der Waals surface area contributed by atoms with Crippen LogP contribution in [0.15, 0.2) is 24.3 Å². The Morgan fingerprint density at radius 1 is 1.32 bits per heavy atom. The third-order valence-corrected chi connectivity index (χ3v) is 3.22. The van der Waals surface area contributed by atoms with Gasteiger partial charge in [0, 0.05) is 12.0 Å². The maximum atomic E-state index is 13.4. The molecular weight excluding hydrogens is 254 g/mol. The number of hydrogen-bond donors (Lipinski definition) is 0. The molecule has 1 aliphatic carbocycles. The predicted molar refractivity (Wildman–Crippen MR) is 64.1 cm³/mol. The Morgan fingerprint density at radius 3 is 2.47 bits per heavy atom. The first-order valence-electron chi connectivity index (χ1n) is 6.01. The highest BCUT2D eigenvalue weighted by Crippen LogP contribution is 2.42. The number of esters is 1. The summed E-state index contributed by atoms with van der Waals surface area (Å²) in [6, 6.07) is 6.29. The van der Waals surface area contributed by atoms with Crippen LogP contribution in [0.4, 0.5) is 8.78 Å². The number of Topliss-reactive ketones (excluding diaryl/α,β-unsaturated/α-hetero) is 1. The molecular formula is C14H14F2O3. The Morgan fingerprint density at radius 2 is 1.95 bits per heavy atom. The van der Waals surface area contributed by atoms with Crippen molar-refractivity contribution in [2.45, 2.75) is 32.8 Å². The summed E-state index contributed by atoms with van der Waals surface area (Å²) in [5, 5.41) is 0. The average molecular weight is 268 g/mol. The van der Waals surface area contributed by atoms with Crippen molar-refractivity contribution < 1.29 is 23.1 Å². The van der Waals surface area contributed by atoms with E-state index in [0.717, 1.165) is 0 Å². The van der Waals surface area contributed by atoms with Crippen LogP contribution in [0, 0.1) is 5.41 Å². The van der Waals surface area contributed by atoms with E-state index >= 15 is 0 Å². The van der Waals surface area contributed by atoms with Gasteiger partial charge in [-0.3, -0.25) is 9.59 Å². The molecule has 1 aromatic carbocycles. The summed E-state index contributed by atoms with van der Waals surface area (Å²) in [6.07, 6.45) is -3.93. The molecule has 0 radical (unpaired) electrons. The van der Waals surface area contributed by atoms with E-state index in [0.29, 0.717) is 5.56 Å². The Hall–Kier alpha value is -1.78. The number of benzene rings is 1. The number of rotatable bonds is 3. The topological polar surface area (TPSA) is 43.4 Å². The van der Waals surface area contributed by atoms with E-state index in [-0.39, 0.29) is 12.0 Å². The number of hydrogen-bond acceptors (Lipinski definition) is 3. The van der Waals surface area contributed by atoms with E-state index in [2.05, 4.69) is 0 Å². The number of carbonyl (C=O) groups excluding carboxylic acids is 2. The molecule has 0 saturated heterocycles. The molecule has 3 nitrogen and oxygen atoms in total. The highest BCUT2D eigenvalue weighted by Gasteiger charge is 2.59. The number of alkyl halides is 2. The van der Waals surface area contributed by atoms with Crippen molar-refractivity contribution in [1.29, 1.82) is 0 Å². The van der Waals surface area contributed by atoms with E-state index in [4.69, 9.17) is 4.74 Å². The lowest BCUT2D eigenvalue weighted by atomic mass is 9.84. The number of fused-ring (bicyclic) bond motifs is 1. The number of ketones is 1. The molecule has 0 saturated carbocycles. The van der Waals surface area contributed by atoms with Crippen LogP contribution in [0.5, 0.6) is 0 Å². The van der Waals surface area contributed by atoms with Gasteiger partial charge < -0.3 is 4.74 Å². The van der Waals surface area contributed by atoms with Crippen molar-refractivity contribution >= 4 is 11.8 Å². The van der Waals surface area contributed by atoms with Crippen LogP contribution in [0.25, 0.3) is 0 Å². The fourth-order valence-electron chi connectivity index (χ4n) is 2.27. The summed E-state index contributed by atoms with van der Waals surface area (Å²) < 4.78 is 31.6. The van der Waals surface area contributed by atoms with Crippen molar-refractivity contribution in [2.24, 2.45) is 5.41 Å². The highest BCUT2D eigenvalue weighted by molar-refractivity contribution is 6.16. The molecule has 102 valence electrons. The van der Waals surface area contributed by atoms with Crippen molar-refractivity contribution in [3.8, 4) is 0 Å². The Balaban J connectivity index is 2.45. The average Bonchev–Trinajstić information content (AvgIpc) is 2.64. The predicted octanol–water partition coefficient (Wildman–Crippen LogP) is 2.63. The van der Waals surface area contributed by atoms with E-state index in [9.17, 15) is 18.4 Å². The zero-order chi connectivity index (χ0) is 14.2. The molecule has 0 aromatic heterocycles. The molecule has 0 aliphatic heterocycles. The van der Waals surface area contributed by atoms with Gasteiger partial charge in [0.1, 0.15) is 0 Å². The third kappa shape index (κ3) is 2.03. The second kappa shape index (κ2) is 4.72. The maximum absolute atomic E-state index is 13.4. The summed E-state index contributed by atoms with van der Waals surface area (Å²) in [7, 11) is 0. The largest absolute Gasteiger partial charge is 0.462 e. The zero-order valence-electron chi connectivity index (χ0n) is 10.7. The van der Waals surface area contributed by atoms with Gasteiger partial charge in [-0.15, -0.1) is 0 Å². The molecule has 0 bridgehead atoms. The molecule has 1 atom stereocenters. The van der Waals surface area contributed by atoms with Crippen molar-refractivity contribution in [3.63, 3.8) is 0 Å². The van der Waals surface area contributed by atoms with Gasteiger partial charge in [0.05, 0.1) is 6.10 Å². The minimum absolute atomic E-state index is 0.184. The quantitative estimate of drug-likeness (QED) is 0.625. The molecule has 0 fully saturated rings. The van der Waals surface area contributed by atoms with Gasteiger partial charge in [-0.2, -0.15) is 0 Å². The summed E-state index contributed by atoms with van der Waals surface area (Å²) in [5.41, 5.74) is -1.73. The Kier molecular flexibility index (Phi) is 3.39. The van der Waals surface area contributed by atoms with Gasteiger partial charge >= 0.3 is 5.97 Å². The first kappa shape index (κ1) is 13.6. The summed E-state index contributed by atoms with van der Waals surface area (Å²) in [4.78, 5) is 24.2. The smallest absolute Gasteiger partial charge is 0.326 e. The first-order chi connectivity index (χ1) is 8.89. The van der Waals surface area contributed by atoms with Crippen LogP contribution in [0.3, 0.4) is 0 Å². The number of carbonyl (C=O) groups is 2. The lowest BCUT2D eigenvalue weighted by molar-refractivity contribution is -0.164. The van der Waals surface area contributed by atoms with Gasteiger partial charge in [0.15, 0.2) is 11.2 Å². The Bertz CT molecular complexity index is 525. The van der Waals surface area contributed by atoms with Gasteiger partial charge in [0.2, 0.25) is 0 Å².